The van der Waals surface area contributed by atoms with Crippen LogP contribution in [-0.2, 0) is 73.5 Å². The Morgan fingerprint density at radius 2 is 0.704 bits per heavy atom. The Labute approximate surface area is 326 Å². The van der Waals surface area contributed by atoms with Crippen molar-refractivity contribution in [3.05, 3.63) is 49.1 Å². The van der Waals surface area contributed by atoms with E-state index in [0.717, 1.165) is 6.08 Å². The molecule has 0 unspecified atom stereocenters. The fraction of sp³-hybridized carbons (Fsp3) is 0.657. The Morgan fingerprint density at radius 3 is 0.926 bits per heavy atom. The van der Waals surface area contributed by atoms with Gasteiger partial charge in [0.1, 0.15) is 0 Å². The second-order valence-corrected chi connectivity index (χ2v) is 21.3. The molecule has 0 rings (SSSR count). The van der Waals surface area contributed by atoms with E-state index in [9.17, 15) is 19.2 Å². The summed E-state index contributed by atoms with van der Waals surface area (Å²) in [5.41, 5.74) is 1.16. The first-order chi connectivity index (χ1) is 25.4. The Balaban J connectivity index is -0.000000746. The zero-order chi connectivity index (χ0) is 42.2. The van der Waals surface area contributed by atoms with Crippen LogP contribution in [-0.4, -0.2) is 133 Å². The molecule has 0 saturated heterocycles. The van der Waals surface area contributed by atoms with Crippen molar-refractivity contribution in [2.75, 3.05) is 83.3 Å². The number of hydrogen-bond donors (Lipinski definition) is 0. The molecule has 0 heterocycles. The average Bonchev–Trinajstić information content (AvgIpc) is 3.18. The molecule has 0 aromatic heterocycles. The van der Waals surface area contributed by atoms with E-state index in [4.69, 9.17) is 54.4 Å². The fourth-order valence-electron chi connectivity index (χ4n) is 4.09. The summed E-state index contributed by atoms with van der Waals surface area (Å²) in [5.74, 6) is -1.58. The van der Waals surface area contributed by atoms with E-state index in [1.54, 1.807) is 77.6 Å². The molecule has 0 bridgehead atoms. The number of esters is 4. The van der Waals surface area contributed by atoms with Gasteiger partial charge in [0.15, 0.2) is 0 Å². The molecule has 0 spiro atoms. The van der Waals surface area contributed by atoms with Gasteiger partial charge >= 0.3 is 50.0 Å². The van der Waals surface area contributed by atoms with Crippen LogP contribution >= 0.6 is 0 Å². The highest BCUT2D eigenvalue weighted by molar-refractivity contribution is 6.67. The van der Waals surface area contributed by atoms with E-state index >= 15 is 0 Å². The van der Waals surface area contributed by atoms with Crippen molar-refractivity contribution in [2.45, 2.75) is 70.6 Å². The first-order valence-electron chi connectivity index (χ1n) is 17.1. The lowest BCUT2D eigenvalue weighted by Gasteiger charge is -2.27. The van der Waals surface area contributed by atoms with Gasteiger partial charge in [-0.05, 0) is 58.5 Å². The fourth-order valence-corrected chi connectivity index (χ4v) is 10.1. The Bertz CT molecular complexity index is 1080. The minimum Gasteiger partial charge on any atom is -0.463 e. The van der Waals surface area contributed by atoms with Crippen molar-refractivity contribution >= 4 is 50.0 Å². The van der Waals surface area contributed by atoms with E-state index < -0.39 is 32.1 Å². The van der Waals surface area contributed by atoms with Crippen LogP contribution in [0.15, 0.2) is 49.1 Å². The zero-order valence-corrected chi connectivity index (χ0v) is 37.4. The number of carbonyl (C=O) groups excluding carboxylic acids is 4. The third-order valence-corrected chi connectivity index (χ3v) is 16.8. The van der Waals surface area contributed by atoms with Crippen LogP contribution in [0.1, 0.15) is 46.5 Å². The number of hydrogen-bond acceptors (Lipinski definition) is 16. The van der Waals surface area contributed by atoms with Gasteiger partial charge in [0.25, 0.3) is 0 Å². The molecular formula is C35H66O16Si3. The Kier molecular flexibility index (Phi) is 33.3. The van der Waals surface area contributed by atoms with Gasteiger partial charge < -0.3 is 54.4 Å². The predicted molar refractivity (Wildman–Crippen MR) is 210 cm³/mol. The molecule has 0 aromatic carbocycles. The van der Waals surface area contributed by atoms with Crippen LogP contribution in [0, 0.1) is 0 Å². The monoisotopic (exact) mass is 826 g/mol. The summed E-state index contributed by atoms with van der Waals surface area (Å²) in [5, 5.41) is 0. The van der Waals surface area contributed by atoms with E-state index in [2.05, 4.69) is 26.3 Å². The van der Waals surface area contributed by atoms with Crippen LogP contribution < -0.4 is 0 Å². The molecule has 19 heteroatoms. The minimum absolute atomic E-state index is 0.303. The first-order valence-corrected chi connectivity index (χ1v) is 23.2. The van der Waals surface area contributed by atoms with Crippen LogP contribution in [0.3, 0.4) is 0 Å². The summed E-state index contributed by atoms with van der Waals surface area (Å²) in [4.78, 5) is 44.4. The SMILES string of the molecule is C=C(C)C(=O)OCCC[Si](CCCOC(=O)C(=C)C)(OC)OC.C=C(C)C(=O)OCCC[Si](OC)(OC)OC.C=CC(=O)OCCC[Si](OC)(OC)OC. The topological polar surface area (TPSA) is 179 Å². The van der Waals surface area contributed by atoms with E-state index in [-0.39, 0.29) is 17.9 Å². The van der Waals surface area contributed by atoms with Gasteiger partial charge in [-0.3, -0.25) is 0 Å². The molecule has 0 aliphatic carbocycles. The highest BCUT2D eigenvalue weighted by Crippen LogP contribution is 2.22. The molecule has 0 radical (unpaired) electrons. The van der Waals surface area contributed by atoms with Crippen molar-refractivity contribution in [3.8, 4) is 0 Å². The molecule has 54 heavy (non-hydrogen) atoms. The average molecular weight is 827 g/mol. The minimum atomic E-state index is -2.53. The van der Waals surface area contributed by atoms with Crippen molar-refractivity contribution in [1.82, 2.24) is 0 Å². The van der Waals surface area contributed by atoms with Crippen molar-refractivity contribution in [2.24, 2.45) is 0 Å². The summed E-state index contributed by atoms with van der Waals surface area (Å²) in [6.45, 7) is 19.9. The standard InChI is InChI=1S/C16H28O6Si.C10H20O5Si.C9H18O5Si/c1-13(2)15(17)21-9-7-11-23(19-5,20-6)12-8-10-22-16(18)14(3)4;1-9(2)10(11)15-7-6-8-16(12-3,13-4)14-5;1-5-9(10)14-7-6-8-15(11-2,12-3)13-4/h1,3,7-12H2,2,4-6H3;1,6-8H2,2-5H3;5H,1,6-8H2,2-4H3. The molecule has 0 saturated carbocycles. The lowest BCUT2D eigenvalue weighted by atomic mass is 10.4. The van der Waals surface area contributed by atoms with Crippen molar-refractivity contribution < 1.29 is 73.5 Å². The molecular weight excluding hydrogens is 761 g/mol. The molecule has 0 aliphatic rings. The molecule has 0 aliphatic heterocycles. The van der Waals surface area contributed by atoms with Gasteiger partial charge in [-0.2, -0.15) is 0 Å². The largest absolute Gasteiger partial charge is 0.500 e. The van der Waals surface area contributed by atoms with E-state index in [1.165, 1.54) is 0 Å². The van der Waals surface area contributed by atoms with Gasteiger partial charge in [0, 0.05) is 91.8 Å². The summed E-state index contributed by atoms with van der Waals surface area (Å²) >= 11 is 0. The number of ether oxygens (including phenoxy) is 4. The highest BCUT2D eigenvalue weighted by atomic mass is 28.4. The van der Waals surface area contributed by atoms with Crippen LogP contribution in [0.2, 0.25) is 24.2 Å². The molecule has 314 valence electrons. The first kappa shape index (κ1) is 55.5. The second-order valence-electron chi connectivity index (χ2n) is 11.4. The van der Waals surface area contributed by atoms with Crippen molar-refractivity contribution in [1.29, 1.82) is 0 Å². The quantitative estimate of drug-likeness (QED) is 0.0334. The van der Waals surface area contributed by atoms with Gasteiger partial charge in [0.2, 0.25) is 0 Å². The predicted octanol–water partition coefficient (Wildman–Crippen LogP) is 5.10. The normalized spacial score (nSPS) is 11.1. The van der Waals surface area contributed by atoms with Gasteiger partial charge in [-0.15, -0.1) is 0 Å². The van der Waals surface area contributed by atoms with E-state index in [0.29, 0.717) is 93.0 Å². The Morgan fingerprint density at radius 1 is 0.444 bits per heavy atom. The van der Waals surface area contributed by atoms with Gasteiger partial charge in [-0.25, -0.2) is 19.2 Å². The summed E-state index contributed by atoms with van der Waals surface area (Å²) in [6, 6.07) is 2.61. The lowest BCUT2D eigenvalue weighted by molar-refractivity contribution is -0.139. The Hall–Kier alpha value is -2.83. The second kappa shape index (κ2) is 32.4. The molecule has 0 aromatic rings. The van der Waals surface area contributed by atoms with Gasteiger partial charge in [-0.1, -0.05) is 26.3 Å². The maximum Gasteiger partial charge on any atom is 0.500 e. The summed E-state index contributed by atoms with van der Waals surface area (Å²) in [7, 11) is 5.14. The maximum absolute atomic E-state index is 11.3. The molecule has 16 nitrogen and oxygen atoms in total. The maximum atomic E-state index is 11.3. The van der Waals surface area contributed by atoms with Crippen molar-refractivity contribution in [3.63, 3.8) is 0 Å². The van der Waals surface area contributed by atoms with Crippen LogP contribution in [0.4, 0.5) is 0 Å². The smallest absolute Gasteiger partial charge is 0.463 e. The lowest BCUT2D eigenvalue weighted by Crippen LogP contribution is -2.42. The molecule has 0 atom stereocenters. The van der Waals surface area contributed by atoms with Crippen LogP contribution in [0.25, 0.3) is 0 Å². The zero-order valence-electron chi connectivity index (χ0n) is 34.4. The summed E-state index contributed by atoms with van der Waals surface area (Å²) in [6.07, 6.45) is 3.71. The third-order valence-electron chi connectivity index (χ3n) is 7.42. The van der Waals surface area contributed by atoms with Gasteiger partial charge in [0.05, 0.1) is 26.4 Å². The summed E-state index contributed by atoms with van der Waals surface area (Å²) < 4.78 is 62.4. The molecule has 0 N–H and O–H groups in total. The number of rotatable bonds is 28. The van der Waals surface area contributed by atoms with E-state index in [1.807, 2.05) is 0 Å². The highest BCUT2D eigenvalue weighted by Gasteiger charge is 2.38. The molecule has 0 amide bonds. The molecule has 0 fully saturated rings. The number of carbonyl (C=O) groups is 4. The third kappa shape index (κ3) is 25.3. The van der Waals surface area contributed by atoms with Crippen LogP contribution in [0.5, 0.6) is 0 Å².